The number of pyridine rings is 1. The average molecular weight is 292 g/mol. The van der Waals surface area contributed by atoms with Gasteiger partial charge in [0, 0.05) is 6.54 Å². The molecule has 1 aliphatic rings. The zero-order chi connectivity index (χ0) is 15.1. The van der Waals surface area contributed by atoms with E-state index in [0.717, 1.165) is 18.8 Å². The van der Waals surface area contributed by atoms with Gasteiger partial charge < -0.3 is 20.7 Å². The normalized spacial score (nSPS) is 15.6. The van der Waals surface area contributed by atoms with Crippen LogP contribution < -0.4 is 15.8 Å². The van der Waals surface area contributed by atoms with E-state index in [4.69, 9.17) is 10.5 Å². The van der Waals surface area contributed by atoms with Crippen LogP contribution in [-0.2, 0) is 0 Å². The van der Waals surface area contributed by atoms with Crippen molar-refractivity contribution in [2.24, 2.45) is 5.92 Å². The van der Waals surface area contributed by atoms with E-state index in [-0.39, 0.29) is 0 Å². The van der Waals surface area contributed by atoms with E-state index in [1.54, 1.807) is 0 Å². The van der Waals surface area contributed by atoms with Crippen LogP contribution in [0.5, 0.6) is 5.88 Å². The van der Waals surface area contributed by atoms with E-state index in [9.17, 15) is 0 Å². The average Bonchev–Trinajstić information content (AvgIpc) is 2.97. The second-order valence-electron chi connectivity index (χ2n) is 6.12. The van der Waals surface area contributed by atoms with Crippen LogP contribution in [0.15, 0.2) is 12.1 Å². The molecule has 0 saturated carbocycles. The Morgan fingerprint density at radius 3 is 2.81 bits per heavy atom. The molecule has 0 radical (unpaired) electrons. The van der Waals surface area contributed by atoms with Gasteiger partial charge in [-0.3, -0.25) is 0 Å². The van der Waals surface area contributed by atoms with Gasteiger partial charge in [0.15, 0.2) is 0 Å². The SMILES string of the molecule is CC(C)COc1nc(NCCCN2CCCC2)ccc1N. The van der Waals surface area contributed by atoms with Crippen LogP contribution in [0.1, 0.15) is 33.1 Å². The number of nitrogen functional groups attached to an aromatic ring is 1. The van der Waals surface area contributed by atoms with E-state index in [0.29, 0.717) is 24.1 Å². The number of nitrogens with one attached hydrogen (secondary N) is 1. The molecule has 0 unspecified atom stereocenters. The Bertz CT molecular complexity index is 430. The van der Waals surface area contributed by atoms with E-state index in [1.165, 1.54) is 32.5 Å². The zero-order valence-corrected chi connectivity index (χ0v) is 13.3. The zero-order valence-electron chi connectivity index (χ0n) is 13.3. The highest BCUT2D eigenvalue weighted by Crippen LogP contribution is 2.21. The molecule has 5 nitrogen and oxygen atoms in total. The van der Waals surface area contributed by atoms with Crippen molar-refractivity contribution in [3.05, 3.63) is 12.1 Å². The first-order valence-corrected chi connectivity index (χ1v) is 8.00. The number of aromatic nitrogens is 1. The molecule has 1 aromatic heterocycles. The van der Waals surface area contributed by atoms with Crippen LogP contribution in [0.3, 0.4) is 0 Å². The van der Waals surface area contributed by atoms with Crippen LogP contribution >= 0.6 is 0 Å². The number of ether oxygens (including phenoxy) is 1. The minimum atomic E-state index is 0.461. The number of nitrogens with two attached hydrogens (primary N) is 1. The minimum absolute atomic E-state index is 0.461. The minimum Gasteiger partial charge on any atom is -0.476 e. The third-order valence-electron chi connectivity index (χ3n) is 3.60. The van der Waals surface area contributed by atoms with Gasteiger partial charge in [0.2, 0.25) is 5.88 Å². The first-order chi connectivity index (χ1) is 10.1. The molecule has 1 aliphatic heterocycles. The Morgan fingerprint density at radius 2 is 2.10 bits per heavy atom. The Labute approximate surface area is 127 Å². The summed E-state index contributed by atoms with van der Waals surface area (Å²) in [5.41, 5.74) is 6.49. The highest BCUT2D eigenvalue weighted by atomic mass is 16.5. The second kappa shape index (κ2) is 8.08. The molecule has 1 aromatic rings. The topological polar surface area (TPSA) is 63.4 Å². The van der Waals surface area contributed by atoms with E-state index in [1.807, 2.05) is 12.1 Å². The van der Waals surface area contributed by atoms with Gasteiger partial charge in [0.05, 0.1) is 12.3 Å². The third-order valence-corrected chi connectivity index (χ3v) is 3.60. The maximum absolute atomic E-state index is 5.89. The van der Waals surface area contributed by atoms with Gasteiger partial charge in [-0.25, -0.2) is 0 Å². The summed E-state index contributed by atoms with van der Waals surface area (Å²) in [4.78, 5) is 6.96. The van der Waals surface area contributed by atoms with Crippen molar-refractivity contribution in [3.8, 4) is 5.88 Å². The number of nitrogens with zero attached hydrogens (tertiary/aromatic N) is 2. The lowest BCUT2D eigenvalue weighted by molar-refractivity contribution is 0.263. The van der Waals surface area contributed by atoms with Crippen molar-refractivity contribution in [1.82, 2.24) is 9.88 Å². The molecule has 0 spiro atoms. The maximum Gasteiger partial charge on any atom is 0.239 e. The lowest BCUT2D eigenvalue weighted by Gasteiger charge is -2.15. The molecule has 118 valence electrons. The molecule has 0 aliphatic carbocycles. The molecule has 5 heteroatoms. The van der Waals surface area contributed by atoms with Gasteiger partial charge in [-0.05, 0) is 56.9 Å². The van der Waals surface area contributed by atoms with Crippen LogP contribution in [0.2, 0.25) is 0 Å². The molecule has 1 fully saturated rings. The molecule has 0 bridgehead atoms. The summed E-state index contributed by atoms with van der Waals surface area (Å²) in [6.45, 7) is 9.46. The van der Waals surface area contributed by atoms with Crippen molar-refractivity contribution in [2.75, 3.05) is 43.8 Å². The molecule has 0 atom stereocenters. The Kier molecular flexibility index (Phi) is 6.11. The Morgan fingerprint density at radius 1 is 1.33 bits per heavy atom. The predicted molar refractivity (Wildman–Crippen MR) is 87.8 cm³/mol. The molecule has 0 aromatic carbocycles. The summed E-state index contributed by atoms with van der Waals surface area (Å²) in [7, 11) is 0. The van der Waals surface area contributed by atoms with E-state index >= 15 is 0 Å². The summed E-state index contributed by atoms with van der Waals surface area (Å²) in [5.74, 6) is 1.83. The summed E-state index contributed by atoms with van der Waals surface area (Å²) in [6.07, 6.45) is 3.83. The second-order valence-corrected chi connectivity index (χ2v) is 6.12. The van der Waals surface area contributed by atoms with Crippen LogP contribution in [0, 0.1) is 5.92 Å². The molecular formula is C16H28N4O. The summed E-state index contributed by atoms with van der Waals surface area (Å²) < 4.78 is 5.64. The monoisotopic (exact) mass is 292 g/mol. The quantitative estimate of drug-likeness (QED) is 0.721. The first-order valence-electron chi connectivity index (χ1n) is 8.00. The van der Waals surface area contributed by atoms with Crippen molar-refractivity contribution >= 4 is 11.5 Å². The number of likely N-dealkylation sites (tertiary alicyclic amines) is 1. The van der Waals surface area contributed by atoms with Crippen molar-refractivity contribution in [2.45, 2.75) is 33.1 Å². The molecule has 1 saturated heterocycles. The molecule has 0 amide bonds. The maximum atomic E-state index is 5.89. The molecule has 3 N–H and O–H groups in total. The van der Waals surface area contributed by atoms with E-state index < -0.39 is 0 Å². The van der Waals surface area contributed by atoms with Gasteiger partial charge in [-0.2, -0.15) is 4.98 Å². The number of rotatable bonds is 8. The van der Waals surface area contributed by atoms with Crippen LogP contribution in [0.4, 0.5) is 11.5 Å². The predicted octanol–water partition coefficient (Wildman–Crippen LogP) is 2.60. The van der Waals surface area contributed by atoms with Gasteiger partial charge in [0.1, 0.15) is 5.82 Å². The largest absolute Gasteiger partial charge is 0.476 e. The van der Waals surface area contributed by atoms with Gasteiger partial charge >= 0.3 is 0 Å². The number of anilines is 2. The smallest absolute Gasteiger partial charge is 0.239 e. The van der Waals surface area contributed by atoms with Gasteiger partial charge in [-0.1, -0.05) is 13.8 Å². The summed E-state index contributed by atoms with van der Waals surface area (Å²) >= 11 is 0. The standard InChI is InChI=1S/C16H28N4O/c1-13(2)12-21-16-14(17)6-7-15(19-16)18-8-5-11-20-9-3-4-10-20/h6-7,13H,3-5,8-12,17H2,1-2H3,(H,18,19). The summed E-state index contributed by atoms with van der Waals surface area (Å²) in [5, 5.41) is 3.35. The Balaban J connectivity index is 1.75. The third kappa shape index (κ3) is 5.42. The van der Waals surface area contributed by atoms with Crippen molar-refractivity contribution in [1.29, 1.82) is 0 Å². The molecule has 2 rings (SSSR count). The lowest BCUT2D eigenvalue weighted by Crippen LogP contribution is -2.22. The molecule has 2 heterocycles. The number of hydrogen-bond acceptors (Lipinski definition) is 5. The molecule has 21 heavy (non-hydrogen) atoms. The number of hydrogen-bond donors (Lipinski definition) is 2. The molecular weight excluding hydrogens is 264 g/mol. The first kappa shape index (κ1) is 15.9. The van der Waals surface area contributed by atoms with Crippen LogP contribution in [-0.4, -0.2) is 42.7 Å². The lowest BCUT2D eigenvalue weighted by atomic mass is 10.2. The van der Waals surface area contributed by atoms with Gasteiger partial charge in [-0.15, -0.1) is 0 Å². The Hall–Kier alpha value is -1.49. The van der Waals surface area contributed by atoms with Crippen LogP contribution in [0.25, 0.3) is 0 Å². The van der Waals surface area contributed by atoms with Crippen molar-refractivity contribution in [3.63, 3.8) is 0 Å². The highest BCUT2D eigenvalue weighted by Gasteiger charge is 2.10. The highest BCUT2D eigenvalue weighted by molar-refractivity contribution is 5.53. The van der Waals surface area contributed by atoms with E-state index in [2.05, 4.69) is 29.0 Å². The van der Waals surface area contributed by atoms with Crippen molar-refractivity contribution < 1.29 is 4.74 Å². The van der Waals surface area contributed by atoms with Gasteiger partial charge in [0.25, 0.3) is 0 Å². The fourth-order valence-electron chi connectivity index (χ4n) is 2.44. The fraction of sp³-hybridized carbons (Fsp3) is 0.688. The fourth-order valence-corrected chi connectivity index (χ4v) is 2.44. The summed E-state index contributed by atoms with van der Waals surface area (Å²) in [6, 6.07) is 3.76.